The third kappa shape index (κ3) is 6.64. The topological polar surface area (TPSA) is 130 Å². The lowest BCUT2D eigenvalue weighted by Gasteiger charge is -2.53. The van der Waals surface area contributed by atoms with Crippen LogP contribution in [0.25, 0.3) is 44.0 Å². The minimum Gasteiger partial charge on any atom is -0.444 e. The highest BCUT2D eigenvalue weighted by molar-refractivity contribution is 6.10. The number of carbonyl (C=O) groups excluding carboxylic acids is 1. The van der Waals surface area contributed by atoms with E-state index >= 15 is 8.78 Å². The van der Waals surface area contributed by atoms with Crippen molar-refractivity contribution in [1.82, 2.24) is 39.6 Å². The number of nitriles is 1. The molecule has 0 bridgehead atoms. The number of likely N-dealkylation sites (tertiary alicyclic amines) is 1. The summed E-state index contributed by atoms with van der Waals surface area (Å²) in [7, 11) is 2.09. The summed E-state index contributed by atoms with van der Waals surface area (Å²) in [5, 5.41) is 25.1. The number of carbonyl (C=O) groups is 1. The van der Waals surface area contributed by atoms with Crippen LogP contribution in [0.1, 0.15) is 96.5 Å². The Hall–Kier alpha value is -4.94. The molecule has 0 aliphatic carbocycles. The number of nitrogens with zero attached hydrogens (tertiary/aromatic N) is 10. The predicted octanol–water partition coefficient (Wildman–Crippen LogP) is 7.98. The Balaban J connectivity index is 1.29. The van der Waals surface area contributed by atoms with E-state index in [1.54, 1.807) is 22.7 Å². The highest BCUT2D eigenvalue weighted by atomic mass is 19.1. The molecule has 3 aromatic heterocycles. The molecule has 0 radical (unpaired) electrons. The van der Waals surface area contributed by atoms with Crippen molar-refractivity contribution in [2.75, 3.05) is 44.7 Å². The number of halogens is 2. The number of piperidine rings is 1. The summed E-state index contributed by atoms with van der Waals surface area (Å²) in [5.74, 6) is -0.485. The molecule has 5 aromatic rings. The van der Waals surface area contributed by atoms with Gasteiger partial charge in [-0.05, 0) is 104 Å². The fraction of sp³-hybridized carbons (Fsp3) is 0.571. The molecule has 6 heterocycles. The van der Waals surface area contributed by atoms with Gasteiger partial charge in [0.25, 0.3) is 0 Å². The molecule has 57 heavy (non-hydrogen) atoms. The van der Waals surface area contributed by atoms with E-state index in [1.807, 2.05) is 38.4 Å². The molecule has 13 nitrogen and oxygen atoms in total. The molecular formula is C42H52F2N10O3. The molecule has 3 aliphatic heterocycles. The molecule has 3 atom stereocenters. The average Bonchev–Trinajstić information content (AvgIpc) is 3.79. The molecule has 0 spiro atoms. The minimum absolute atomic E-state index is 0.115. The summed E-state index contributed by atoms with van der Waals surface area (Å²) in [6, 6.07) is 4.96. The number of rotatable bonds is 7. The second kappa shape index (κ2) is 14.5. The van der Waals surface area contributed by atoms with Crippen LogP contribution in [0.3, 0.4) is 0 Å². The van der Waals surface area contributed by atoms with Crippen LogP contribution >= 0.6 is 0 Å². The third-order valence-electron chi connectivity index (χ3n) is 12.3. The van der Waals surface area contributed by atoms with Crippen LogP contribution in [0.15, 0.2) is 18.3 Å². The number of hydrogen-bond donors (Lipinski definition) is 0. The normalized spacial score (nSPS) is 21.4. The summed E-state index contributed by atoms with van der Waals surface area (Å²) < 4.78 is 49.0. The summed E-state index contributed by atoms with van der Waals surface area (Å²) >= 11 is 0. The van der Waals surface area contributed by atoms with Crippen LogP contribution in [0.4, 0.5) is 19.4 Å². The van der Waals surface area contributed by atoms with Crippen LogP contribution in [0, 0.1) is 36.8 Å². The van der Waals surface area contributed by atoms with Gasteiger partial charge in [-0.1, -0.05) is 12.1 Å². The lowest BCUT2D eigenvalue weighted by molar-refractivity contribution is -0.0366. The molecule has 3 fully saturated rings. The van der Waals surface area contributed by atoms with E-state index in [-0.39, 0.29) is 35.3 Å². The van der Waals surface area contributed by atoms with E-state index in [9.17, 15) is 10.1 Å². The van der Waals surface area contributed by atoms with Crippen LogP contribution in [-0.4, -0.2) is 103 Å². The zero-order chi connectivity index (χ0) is 40.6. The van der Waals surface area contributed by atoms with Gasteiger partial charge in [0, 0.05) is 54.2 Å². The lowest BCUT2D eigenvalue weighted by Crippen LogP contribution is -2.68. The Labute approximate surface area is 331 Å². The van der Waals surface area contributed by atoms with Crippen LogP contribution in [-0.2, 0) is 9.47 Å². The number of pyridine rings is 1. The Bertz CT molecular complexity index is 2420. The van der Waals surface area contributed by atoms with Gasteiger partial charge in [0.1, 0.15) is 22.5 Å². The number of likely N-dealkylation sites (N-methyl/N-ethyl adjacent to an activating group) is 1. The average molecular weight is 783 g/mol. The molecule has 15 heteroatoms. The van der Waals surface area contributed by atoms with Crippen molar-refractivity contribution in [3.05, 3.63) is 41.1 Å². The van der Waals surface area contributed by atoms with Crippen LogP contribution in [0.2, 0.25) is 0 Å². The van der Waals surface area contributed by atoms with Crippen molar-refractivity contribution in [2.24, 2.45) is 0 Å². The molecule has 1 amide bonds. The molecule has 2 aromatic carbocycles. The smallest absolute Gasteiger partial charge is 0.410 e. The lowest BCUT2D eigenvalue weighted by atomic mass is 9.89. The summed E-state index contributed by atoms with van der Waals surface area (Å²) in [4.78, 5) is 24.4. The second-order valence-corrected chi connectivity index (χ2v) is 17.4. The highest BCUT2D eigenvalue weighted by Crippen LogP contribution is 2.44. The first-order valence-electron chi connectivity index (χ1n) is 20.1. The van der Waals surface area contributed by atoms with Crippen molar-refractivity contribution in [3.63, 3.8) is 0 Å². The van der Waals surface area contributed by atoms with E-state index in [4.69, 9.17) is 24.8 Å². The molecule has 302 valence electrons. The van der Waals surface area contributed by atoms with Crippen molar-refractivity contribution in [3.8, 4) is 17.2 Å². The monoisotopic (exact) mass is 782 g/mol. The Morgan fingerprint density at radius 3 is 2.56 bits per heavy atom. The van der Waals surface area contributed by atoms with E-state index in [1.165, 1.54) is 6.07 Å². The number of aromatic nitrogens is 6. The molecule has 8 rings (SSSR count). The minimum atomic E-state index is -0.685. The number of fused-ring (bicyclic) bond motifs is 4. The summed E-state index contributed by atoms with van der Waals surface area (Å²) in [6.07, 6.45) is 4.69. The number of aryl methyl sites for hydroxylation is 1. The van der Waals surface area contributed by atoms with Gasteiger partial charge in [-0.25, -0.2) is 27.9 Å². The van der Waals surface area contributed by atoms with Crippen molar-refractivity contribution in [2.45, 2.75) is 116 Å². The molecular weight excluding hydrogens is 731 g/mol. The van der Waals surface area contributed by atoms with Crippen molar-refractivity contribution >= 4 is 44.8 Å². The maximum absolute atomic E-state index is 17.8. The first-order valence-corrected chi connectivity index (χ1v) is 20.1. The van der Waals surface area contributed by atoms with E-state index in [0.717, 1.165) is 25.8 Å². The maximum atomic E-state index is 17.8. The SMILES string of the molecule is CCN(C)C1(C)CN(c2nc3c(F)c(-c4c(C)c(F)cc5c4cnn5C4CCCCO4)c(C)cc3c3c2nnn3[C@H]2CCN(C(=O)OC(C)(C)C)[C@H](CC#N)C2)C1. The van der Waals surface area contributed by atoms with Gasteiger partial charge >= 0.3 is 6.09 Å². The van der Waals surface area contributed by atoms with Crippen molar-refractivity contribution < 1.29 is 23.0 Å². The number of hydrogen-bond acceptors (Lipinski definition) is 10. The van der Waals surface area contributed by atoms with E-state index in [0.29, 0.717) is 88.9 Å². The van der Waals surface area contributed by atoms with Gasteiger partial charge in [0.05, 0.1) is 41.8 Å². The van der Waals surface area contributed by atoms with E-state index in [2.05, 4.69) is 41.9 Å². The van der Waals surface area contributed by atoms with Gasteiger partial charge in [0.2, 0.25) is 0 Å². The Morgan fingerprint density at radius 2 is 1.88 bits per heavy atom. The fourth-order valence-corrected chi connectivity index (χ4v) is 9.08. The largest absolute Gasteiger partial charge is 0.444 e. The third-order valence-corrected chi connectivity index (χ3v) is 12.3. The molecule has 1 unspecified atom stereocenters. The second-order valence-electron chi connectivity index (χ2n) is 17.4. The number of ether oxygens (including phenoxy) is 2. The fourth-order valence-electron chi connectivity index (χ4n) is 9.08. The van der Waals surface area contributed by atoms with Gasteiger partial charge < -0.3 is 19.3 Å². The molecule has 0 saturated carbocycles. The van der Waals surface area contributed by atoms with Gasteiger partial charge in [-0.2, -0.15) is 10.4 Å². The standard InChI is InChI=1S/C42H52F2N10O3/c1-9-50(8)42(7)22-51(23-42)39-37-38(53(49-48-37)27-14-16-52(26(19-27)13-15-45)40(55)57-41(4,5)6)28-18-24(2)33(35(44)36(28)47-39)34-25(3)30(43)20-31-29(34)21-46-54(31)32-12-10-11-17-56-32/h18,20-21,26-27,32H,9-14,16-17,19,22-23H2,1-8H3/t26-,27+,32?/m1/s1. The van der Waals surface area contributed by atoms with Crippen molar-refractivity contribution in [1.29, 1.82) is 5.26 Å². The van der Waals surface area contributed by atoms with Crippen LogP contribution in [0.5, 0.6) is 0 Å². The molecule has 0 N–H and O–H groups in total. The Kier molecular flexibility index (Phi) is 9.87. The quantitative estimate of drug-likeness (QED) is 0.160. The molecule has 3 aliphatic rings. The number of amides is 1. The van der Waals surface area contributed by atoms with E-state index < -0.39 is 29.4 Å². The first kappa shape index (κ1) is 38.9. The van der Waals surface area contributed by atoms with Gasteiger partial charge in [-0.3, -0.25) is 4.90 Å². The van der Waals surface area contributed by atoms with Crippen LogP contribution < -0.4 is 4.90 Å². The zero-order valence-electron chi connectivity index (χ0n) is 34.2. The number of anilines is 1. The summed E-state index contributed by atoms with van der Waals surface area (Å²) in [5.41, 5.74) is 2.71. The highest BCUT2D eigenvalue weighted by Gasteiger charge is 2.44. The first-order chi connectivity index (χ1) is 27.1. The van der Waals surface area contributed by atoms with Gasteiger partial charge in [0.15, 0.2) is 23.4 Å². The predicted molar refractivity (Wildman–Crippen MR) is 214 cm³/mol. The maximum Gasteiger partial charge on any atom is 0.410 e. The zero-order valence-corrected chi connectivity index (χ0v) is 34.2. The Morgan fingerprint density at radius 1 is 1.11 bits per heavy atom. The molecule has 3 saturated heterocycles. The summed E-state index contributed by atoms with van der Waals surface area (Å²) in [6.45, 7) is 16.4. The van der Waals surface area contributed by atoms with Gasteiger partial charge in [-0.15, -0.1) is 5.10 Å². The number of benzene rings is 2.